The summed E-state index contributed by atoms with van der Waals surface area (Å²) in [7, 11) is 1.70. The van der Waals surface area contributed by atoms with E-state index in [1.807, 2.05) is 26.0 Å². The fourth-order valence-corrected chi connectivity index (χ4v) is 4.89. The molecule has 2 N–H and O–H groups in total. The Balaban J connectivity index is 1.68. The second kappa shape index (κ2) is 9.43. The number of nitrogens with one attached hydrogen (secondary N) is 2. The van der Waals surface area contributed by atoms with E-state index < -0.39 is 0 Å². The van der Waals surface area contributed by atoms with Crippen LogP contribution < -0.4 is 19.9 Å². The van der Waals surface area contributed by atoms with Crippen molar-refractivity contribution in [1.29, 1.82) is 0 Å². The highest BCUT2D eigenvalue weighted by atomic mass is 32.1. The Morgan fingerprint density at radius 3 is 2.36 bits per heavy atom. The highest BCUT2D eigenvalue weighted by Gasteiger charge is 2.34. The lowest BCUT2D eigenvalue weighted by Crippen LogP contribution is -3.16. The number of amides is 1. The van der Waals surface area contributed by atoms with Gasteiger partial charge in [0.1, 0.15) is 11.8 Å². The first-order chi connectivity index (χ1) is 13.5. The third-order valence-corrected chi connectivity index (χ3v) is 6.48. The molecule has 1 aliphatic rings. The Kier molecular flexibility index (Phi) is 6.97. The molecule has 2 heterocycles. The molecule has 1 amide bonds. The molecule has 0 spiro atoms. The number of rotatable bonds is 7. The predicted molar refractivity (Wildman–Crippen MR) is 115 cm³/mol. The van der Waals surface area contributed by atoms with Crippen LogP contribution in [0.1, 0.15) is 31.7 Å². The van der Waals surface area contributed by atoms with E-state index in [4.69, 9.17) is 4.74 Å². The number of thiophene rings is 1. The smallest absolute Gasteiger partial charge is 0.222 e. The Morgan fingerprint density at radius 1 is 1.14 bits per heavy atom. The molecule has 0 radical (unpaired) electrons. The van der Waals surface area contributed by atoms with Crippen molar-refractivity contribution in [3.63, 3.8) is 0 Å². The molecule has 2 atom stereocenters. The van der Waals surface area contributed by atoms with Crippen molar-refractivity contribution >= 4 is 22.9 Å². The molecule has 5 nitrogen and oxygen atoms in total. The first kappa shape index (κ1) is 20.7. The maximum Gasteiger partial charge on any atom is 0.222 e. The number of nitrogens with zero attached hydrogens (tertiary/aromatic N) is 1. The van der Waals surface area contributed by atoms with Crippen LogP contribution in [-0.4, -0.2) is 45.2 Å². The molecule has 2 aromatic rings. The number of hydrogen-bond acceptors (Lipinski definition) is 4. The summed E-state index contributed by atoms with van der Waals surface area (Å²) >= 11 is 1.79. The lowest BCUT2D eigenvalue weighted by molar-refractivity contribution is -0.933. The average molecular weight is 403 g/mol. The van der Waals surface area contributed by atoms with Gasteiger partial charge in [-0.25, -0.2) is 0 Å². The molecule has 0 aliphatic carbocycles. The van der Waals surface area contributed by atoms with E-state index in [0.29, 0.717) is 6.04 Å². The summed E-state index contributed by atoms with van der Waals surface area (Å²) in [6, 6.07) is 13.0. The number of methoxy groups -OCH3 is 1. The van der Waals surface area contributed by atoms with Gasteiger partial charge in [0.15, 0.2) is 0 Å². The standard InChI is InChI=1S/C22H31N3O2S/c1-16(2)22(26)23-17(3)21(20-6-5-15-28-20)25-13-11-24(12-14-25)18-7-9-19(27-4)10-8-18/h5-10,15-17,21H,11-14H2,1-4H3,(H,23,26)/p+1/t17-,21+/m0/s1. The van der Waals surface area contributed by atoms with Crippen LogP contribution in [0.4, 0.5) is 5.69 Å². The molecule has 1 aromatic heterocycles. The number of piperazine rings is 1. The van der Waals surface area contributed by atoms with E-state index >= 15 is 0 Å². The molecule has 0 saturated carbocycles. The van der Waals surface area contributed by atoms with Crippen molar-refractivity contribution in [1.82, 2.24) is 5.32 Å². The molecule has 6 heteroatoms. The number of carbonyl (C=O) groups excluding carboxylic acids is 1. The maximum atomic E-state index is 12.3. The number of ether oxygens (including phenoxy) is 1. The molecule has 3 rings (SSSR count). The van der Waals surface area contributed by atoms with E-state index in [9.17, 15) is 4.79 Å². The van der Waals surface area contributed by atoms with E-state index in [1.54, 1.807) is 23.3 Å². The van der Waals surface area contributed by atoms with E-state index in [2.05, 4.69) is 46.8 Å². The molecule has 1 fully saturated rings. The Hall–Kier alpha value is -2.05. The second-order valence-corrected chi connectivity index (χ2v) is 8.77. The molecule has 28 heavy (non-hydrogen) atoms. The predicted octanol–water partition coefficient (Wildman–Crippen LogP) is 2.36. The van der Waals surface area contributed by atoms with Crippen molar-refractivity contribution in [3.8, 4) is 5.75 Å². The molecule has 1 saturated heterocycles. The van der Waals surface area contributed by atoms with Crippen molar-refractivity contribution in [2.45, 2.75) is 32.9 Å². The highest BCUT2D eigenvalue weighted by Crippen LogP contribution is 2.22. The minimum Gasteiger partial charge on any atom is -0.497 e. The van der Waals surface area contributed by atoms with Gasteiger partial charge in [-0.2, -0.15) is 0 Å². The SMILES string of the molecule is COc1ccc(N2CC[NH+]([C@@H](c3cccs3)[C@H](C)NC(=O)C(C)C)CC2)cc1. The summed E-state index contributed by atoms with van der Waals surface area (Å²) < 4.78 is 5.27. The molecule has 0 bridgehead atoms. The molecular formula is C22H32N3O2S+. The summed E-state index contributed by atoms with van der Waals surface area (Å²) in [6.45, 7) is 10.2. The number of anilines is 1. The van der Waals surface area contributed by atoms with Crippen LogP contribution in [0.25, 0.3) is 0 Å². The number of hydrogen-bond donors (Lipinski definition) is 2. The summed E-state index contributed by atoms with van der Waals surface area (Å²) in [4.78, 5) is 17.6. The van der Waals surface area contributed by atoms with Crippen LogP contribution in [0.3, 0.4) is 0 Å². The third-order valence-electron chi connectivity index (χ3n) is 5.53. The zero-order valence-corrected chi connectivity index (χ0v) is 18.1. The molecule has 152 valence electrons. The second-order valence-electron chi connectivity index (χ2n) is 7.79. The first-order valence-corrected chi connectivity index (χ1v) is 10.9. The van der Waals surface area contributed by atoms with E-state index in [1.165, 1.54) is 10.6 Å². The lowest BCUT2D eigenvalue weighted by atomic mass is 10.0. The van der Waals surface area contributed by atoms with Crippen LogP contribution in [0, 0.1) is 5.92 Å². The molecule has 0 unspecified atom stereocenters. The van der Waals surface area contributed by atoms with Gasteiger partial charge in [0.25, 0.3) is 0 Å². The Labute approximate surface area is 172 Å². The average Bonchev–Trinajstić information content (AvgIpc) is 3.23. The third kappa shape index (κ3) is 4.86. The minimum absolute atomic E-state index is 0.00774. The monoisotopic (exact) mass is 402 g/mol. The van der Waals surface area contributed by atoms with Gasteiger partial charge in [0.2, 0.25) is 5.91 Å². The minimum atomic E-state index is 0.00774. The highest BCUT2D eigenvalue weighted by molar-refractivity contribution is 7.10. The Morgan fingerprint density at radius 2 is 1.82 bits per heavy atom. The fraction of sp³-hybridized carbons (Fsp3) is 0.500. The quantitative estimate of drug-likeness (QED) is 0.747. The zero-order chi connectivity index (χ0) is 20.1. The van der Waals surface area contributed by atoms with Crippen LogP contribution in [-0.2, 0) is 4.79 Å². The van der Waals surface area contributed by atoms with Crippen molar-refractivity contribution in [2.75, 3.05) is 38.2 Å². The molecule has 1 aromatic carbocycles. The summed E-state index contributed by atoms with van der Waals surface area (Å²) in [5.41, 5.74) is 1.24. The van der Waals surface area contributed by atoms with Gasteiger partial charge in [0, 0.05) is 11.6 Å². The van der Waals surface area contributed by atoms with Crippen LogP contribution in [0.5, 0.6) is 5.75 Å². The van der Waals surface area contributed by atoms with Gasteiger partial charge in [-0.05, 0) is 42.6 Å². The van der Waals surface area contributed by atoms with Gasteiger partial charge < -0.3 is 19.9 Å². The molecular weight excluding hydrogens is 370 g/mol. The van der Waals surface area contributed by atoms with Crippen molar-refractivity contribution < 1.29 is 14.4 Å². The summed E-state index contributed by atoms with van der Waals surface area (Å²) in [6.07, 6.45) is 0. The fourth-order valence-electron chi connectivity index (χ4n) is 3.90. The first-order valence-electron chi connectivity index (χ1n) is 10.1. The van der Waals surface area contributed by atoms with Crippen LogP contribution in [0.15, 0.2) is 41.8 Å². The van der Waals surface area contributed by atoms with Gasteiger partial charge in [0.05, 0.1) is 44.2 Å². The Bertz CT molecular complexity index is 738. The van der Waals surface area contributed by atoms with Crippen LogP contribution >= 0.6 is 11.3 Å². The largest absolute Gasteiger partial charge is 0.497 e. The van der Waals surface area contributed by atoms with Crippen molar-refractivity contribution in [2.24, 2.45) is 5.92 Å². The molecule has 1 aliphatic heterocycles. The van der Waals surface area contributed by atoms with Crippen molar-refractivity contribution in [3.05, 3.63) is 46.7 Å². The van der Waals surface area contributed by atoms with E-state index in [-0.39, 0.29) is 17.9 Å². The summed E-state index contributed by atoms with van der Waals surface area (Å²) in [5, 5.41) is 5.37. The lowest BCUT2D eigenvalue weighted by Gasteiger charge is -2.39. The zero-order valence-electron chi connectivity index (χ0n) is 17.3. The summed E-state index contributed by atoms with van der Waals surface area (Å²) in [5.74, 6) is 1.03. The maximum absolute atomic E-state index is 12.3. The van der Waals surface area contributed by atoms with Gasteiger partial charge in [-0.15, -0.1) is 11.3 Å². The topological polar surface area (TPSA) is 46.0 Å². The number of benzene rings is 1. The number of carbonyl (C=O) groups is 1. The normalized spacial score (nSPS) is 17.4. The number of quaternary nitrogens is 1. The van der Waals surface area contributed by atoms with Crippen LogP contribution in [0.2, 0.25) is 0 Å². The van der Waals surface area contributed by atoms with Gasteiger partial charge in [-0.3, -0.25) is 4.79 Å². The van der Waals surface area contributed by atoms with Gasteiger partial charge >= 0.3 is 0 Å². The van der Waals surface area contributed by atoms with Gasteiger partial charge in [-0.1, -0.05) is 19.9 Å². The van der Waals surface area contributed by atoms with E-state index in [0.717, 1.165) is 31.9 Å².